The van der Waals surface area contributed by atoms with Crippen molar-refractivity contribution in [3.63, 3.8) is 0 Å². The molecule has 0 fully saturated rings. The Hall–Kier alpha value is -2.38. The number of alkyl halides is 3. The van der Waals surface area contributed by atoms with E-state index in [1.54, 1.807) is 0 Å². The summed E-state index contributed by atoms with van der Waals surface area (Å²) in [5, 5.41) is 12.0. The first kappa shape index (κ1) is 12.1. The summed E-state index contributed by atoms with van der Waals surface area (Å²) in [5.74, 6) is -1.26. The van der Waals surface area contributed by atoms with Crippen molar-refractivity contribution >= 4 is 5.97 Å². The zero-order valence-corrected chi connectivity index (χ0v) is 8.72. The molecule has 0 bridgehead atoms. The van der Waals surface area contributed by atoms with Crippen LogP contribution in [-0.2, 0) is 6.18 Å². The molecule has 0 saturated carbocycles. The Bertz CT molecular complexity index is 592. The van der Waals surface area contributed by atoms with Gasteiger partial charge >= 0.3 is 12.1 Å². The van der Waals surface area contributed by atoms with Gasteiger partial charge in [-0.2, -0.15) is 18.3 Å². The number of carboxylic acids is 1. The molecule has 2 aromatic heterocycles. The fourth-order valence-corrected chi connectivity index (χ4v) is 1.30. The molecule has 2 rings (SSSR count). The van der Waals surface area contributed by atoms with Gasteiger partial charge in [-0.3, -0.25) is 0 Å². The van der Waals surface area contributed by atoms with Crippen LogP contribution in [0.5, 0.6) is 0 Å². The lowest BCUT2D eigenvalue weighted by molar-refractivity contribution is -0.141. The lowest BCUT2D eigenvalue weighted by Crippen LogP contribution is -2.08. The first-order valence-corrected chi connectivity index (χ1v) is 4.70. The second-order valence-corrected chi connectivity index (χ2v) is 3.35. The molecule has 0 spiro atoms. The van der Waals surface area contributed by atoms with Gasteiger partial charge in [0.15, 0.2) is 5.69 Å². The Labute approximate surface area is 98.5 Å². The molecule has 2 aromatic rings. The van der Waals surface area contributed by atoms with E-state index in [1.165, 1.54) is 12.3 Å². The Balaban J connectivity index is 2.40. The summed E-state index contributed by atoms with van der Waals surface area (Å²) < 4.78 is 38.0. The molecule has 5 nitrogen and oxygen atoms in total. The molecule has 0 aliphatic rings. The van der Waals surface area contributed by atoms with Crippen molar-refractivity contribution in [2.45, 2.75) is 6.18 Å². The molecule has 0 saturated heterocycles. The fourth-order valence-electron chi connectivity index (χ4n) is 1.30. The summed E-state index contributed by atoms with van der Waals surface area (Å²) in [6.07, 6.45) is -2.24. The standard InChI is InChI=1S/C10H6F3N3O2/c11-10(12,13)8-2-4-16(15-8)6-1-3-14-7(5-6)9(17)18/h1-5H,(H,17,18). The SMILES string of the molecule is O=C(O)c1cc(-n2ccc(C(F)(F)F)n2)ccn1. The predicted octanol–water partition coefficient (Wildman–Crippen LogP) is 1.98. The van der Waals surface area contributed by atoms with Gasteiger partial charge in [0, 0.05) is 12.4 Å². The number of carbonyl (C=O) groups is 1. The Morgan fingerprint density at radius 2 is 2.06 bits per heavy atom. The Morgan fingerprint density at radius 1 is 1.33 bits per heavy atom. The Kier molecular flexibility index (Phi) is 2.77. The molecule has 0 aliphatic carbocycles. The predicted molar refractivity (Wildman–Crippen MR) is 53.3 cm³/mol. The van der Waals surface area contributed by atoms with E-state index < -0.39 is 17.8 Å². The third-order valence-corrected chi connectivity index (χ3v) is 2.11. The van der Waals surface area contributed by atoms with Gasteiger partial charge in [-0.15, -0.1) is 0 Å². The monoisotopic (exact) mass is 257 g/mol. The molecule has 0 radical (unpaired) electrons. The average Bonchev–Trinajstić information content (AvgIpc) is 2.78. The summed E-state index contributed by atoms with van der Waals surface area (Å²) in [6.45, 7) is 0. The maximum atomic E-state index is 12.3. The highest BCUT2D eigenvalue weighted by Crippen LogP contribution is 2.27. The molecule has 0 aliphatic heterocycles. The molecule has 0 amide bonds. The molecule has 0 aromatic carbocycles. The van der Waals surface area contributed by atoms with Crippen LogP contribution in [0.25, 0.3) is 5.69 Å². The average molecular weight is 257 g/mol. The third kappa shape index (κ3) is 2.31. The van der Waals surface area contributed by atoms with Crippen LogP contribution >= 0.6 is 0 Å². The molecular weight excluding hydrogens is 251 g/mol. The van der Waals surface area contributed by atoms with Crippen LogP contribution in [0.1, 0.15) is 16.2 Å². The number of carboxylic acid groups (broad SMARTS) is 1. The number of aromatic carboxylic acids is 1. The molecular formula is C10H6F3N3O2. The van der Waals surface area contributed by atoms with E-state index in [0.29, 0.717) is 0 Å². The topological polar surface area (TPSA) is 68.0 Å². The molecule has 18 heavy (non-hydrogen) atoms. The fraction of sp³-hybridized carbons (Fsp3) is 0.100. The van der Waals surface area contributed by atoms with E-state index in [-0.39, 0.29) is 11.4 Å². The van der Waals surface area contributed by atoms with E-state index in [2.05, 4.69) is 10.1 Å². The smallest absolute Gasteiger partial charge is 0.435 e. The maximum absolute atomic E-state index is 12.3. The summed E-state index contributed by atoms with van der Waals surface area (Å²) in [4.78, 5) is 14.2. The van der Waals surface area contributed by atoms with Gasteiger partial charge in [-0.25, -0.2) is 14.5 Å². The number of halogens is 3. The van der Waals surface area contributed by atoms with Crippen LogP contribution in [0.4, 0.5) is 13.2 Å². The summed E-state index contributed by atoms with van der Waals surface area (Å²) in [6, 6.07) is 3.30. The van der Waals surface area contributed by atoms with Crippen molar-refractivity contribution in [3.8, 4) is 5.69 Å². The minimum atomic E-state index is -4.53. The summed E-state index contributed by atoms with van der Waals surface area (Å²) >= 11 is 0. The molecule has 2 heterocycles. The quantitative estimate of drug-likeness (QED) is 0.893. The minimum Gasteiger partial charge on any atom is -0.477 e. The number of rotatable bonds is 2. The van der Waals surface area contributed by atoms with Crippen LogP contribution in [0.3, 0.4) is 0 Å². The van der Waals surface area contributed by atoms with Crippen molar-refractivity contribution in [2.75, 3.05) is 0 Å². The maximum Gasteiger partial charge on any atom is 0.435 e. The first-order chi connectivity index (χ1) is 8.38. The van der Waals surface area contributed by atoms with Gasteiger partial charge in [0.1, 0.15) is 5.69 Å². The zero-order chi connectivity index (χ0) is 13.3. The van der Waals surface area contributed by atoms with Crippen LogP contribution in [0.2, 0.25) is 0 Å². The van der Waals surface area contributed by atoms with Gasteiger partial charge in [-0.1, -0.05) is 0 Å². The van der Waals surface area contributed by atoms with Crippen molar-refractivity contribution < 1.29 is 23.1 Å². The van der Waals surface area contributed by atoms with E-state index in [0.717, 1.165) is 23.0 Å². The molecule has 0 atom stereocenters. The van der Waals surface area contributed by atoms with Crippen molar-refractivity contribution in [2.24, 2.45) is 0 Å². The van der Waals surface area contributed by atoms with E-state index in [1.807, 2.05) is 0 Å². The van der Waals surface area contributed by atoms with Gasteiger partial charge in [-0.05, 0) is 18.2 Å². The van der Waals surface area contributed by atoms with Crippen molar-refractivity contribution in [1.29, 1.82) is 0 Å². The van der Waals surface area contributed by atoms with E-state index in [9.17, 15) is 18.0 Å². The second kappa shape index (κ2) is 4.13. The first-order valence-electron chi connectivity index (χ1n) is 4.70. The number of pyridine rings is 1. The zero-order valence-electron chi connectivity index (χ0n) is 8.72. The third-order valence-electron chi connectivity index (χ3n) is 2.11. The van der Waals surface area contributed by atoms with Crippen molar-refractivity contribution in [3.05, 3.63) is 42.0 Å². The van der Waals surface area contributed by atoms with E-state index in [4.69, 9.17) is 5.11 Å². The van der Waals surface area contributed by atoms with Crippen LogP contribution in [-0.4, -0.2) is 25.8 Å². The minimum absolute atomic E-state index is 0.193. The largest absolute Gasteiger partial charge is 0.477 e. The number of hydrogen-bond acceptors (Lipinski definition) is 3. The molecule has 8 heteroatoms. The highest BCUT2D eigenvalue weighted by atomic mass is 19.4. The highest BCUT2D eigenvalue weighted by Gasteiger charge is 2.33. The molecule has 94 valence electrons. The van der Waals surface area contributed by atoms with Crippen LogP contribution in [0.15, 0.2) is 30.6 Å². The molecule has 1 N–H and O–H groups in total. The highest BCUT2D eigenvalue weighted by molar-refractivity contribution is 5.85. The summed E-state index contributed by atoms with van der Waals surface area (Å²) in [5.41, 5.74) is -1.12. The van der Waals surface area contributed by atoms with Gasteiger partial charge in [0.25, 0.3) is 0 Å². The Morgan fingerprint density at radius 3 is 2.61 bits per heavy atom. The van der Waals surface area contributed by atoms with Crippen molar-refractivity contribution in [1.82, 2.24) is 14.8 Å². The van der Waals surface area contributed by atoms with E-state index >= 15 is 0 Å². The lowest BCUT2D eigenvalue weighted by Gasteiger charge is -2.03. The van der Waals surface area contributed by atoms with Crippen LogP contribution < -0.4 is 0 Å². The van der Waals surface area contributed by atoms with Gasteiger partial charge < -0.3 is 5.11 Å². The van der Waals surface area contributed by atoms with Crippen LogP contribution in [0, 0.1) is 0 Å². The summed E-state index contributed by atoms with van der Waals surface area (Å²) in [7, 11) is 0. The number of nitrogens with zero attached hydrogens (tertiary/aromatic N) is 3. The van der Waals surface area contributed by atoms with Gasteiger partial charge in [0.05, 0.1) is 5.69 Å². The number of hydrogen-bond donors (Lipinski definition) is 1. The molecule has 0 unspecified atom stereocenters. The number of aromatic nitrogens is 3. The second-order valence-electron chi connectivity index (χ2n) is 3.35. The lowest BCUT2D eigenvalue weighted by atomic mass is 10.3. The normalized spacial score (nSPS) is 11.5. The van der Waals surface area contributed by atoms with Gasteiger partial charge in [0.2, 0.25) is 0 Å².